The lowest BCUT2D eigenvalue weighted by Crippen LogP contribution is -2.27. The molecule has 0 amide bonds. The highest BCUT2D eigenvalue weighted by molar-refractivity contribution is 6.53. The van der Waals surface area contributed by atoms with Crippen LogP contribution in [0.5, 0.6) is 0 Å². The summed E-state index contributed by atoms with van der Waals surface area (Å²) in [4.78, 5) is 25.5. The number of hydrogen-bond acceptors (Lipinski definition) is 2. The van der Waals surface area contributed by atoms with Crippen molar-refractivity contribution in [3.8, 4) is 0 Å². The molecular weight excluding hydrogens is 260 g/mol. The molecule has 2 nitrogen and oxygen atoms in total. The van der Waals surface area contributed by atoms with Crippen LogP contribution in [0.15, 0.2) is 60.7 Å². The van der Waals surface area contributed by atoms with Crippen molar-refractivity contribution in [1.82, 2.24) is 0 Å². The Hall–Kier alpha value is -2.48. The first-order valence-electron chi connectivity index (χ1n) is 6.98. The number of allylic oxidation sites excluding steroid dienone is 2. The molecule has 3 rings (SSSR count). The van der Waals surface area contributed by atoms with Crippen molar-refractivity contribution in [2.75, 3.05) is 0 Å². The molecule has 0 bridgehead atoms. The largest absolute Gasteiger partial charge is 0.293 e. The highest BCUT2D eigenvalue weighted by Gasteiger charge is 2.47. The molecule has 1 aliphatic rings. The fourth-order valence-corrected chi connectivity index (χ4v) is 2.72. The van der Waals surface area contributed by atoms with Gasteiger partial charge in [0.15, 0.2) is 11.6 Å². The molecule has 0 aromatic heterocycles. The average Bonchev–Trinajstić information content (AvgIpc) is 2.69. The molecule has 1 aliphatic carbocycles. The van der Waals surface area contributed by atoms with Gasteiger partial charge >= 0.3 is 0 Å². The molecule has 104 valence electrons. The highest BCUT2D eigenvalue weighted by atomic mass is 16.2. The minimum Gasteiger partial charge on any atom is -0.293 e. The Bertz CT molecular complexity index is 674. The number of carbonyl (C=O) groups is 2. The Morgan fingerprint density at radius 1 is 0.619 bits per heavy atom. The van der Waals surface area contributed by atoms with Gasteiger partial charge in [-0.25, -0.2) is 0 Å². The molecule has 0 aliphatic heterocycles. The van der Waals surface area contributed by atoms with Crippen LogP contribution in [-0.2, 0) is 9.59 Å². The standard InChI is InChI=1S/C19H16O2/c1-19(2)17(20)15(13-9-5-3-6-10-13)16(18(19)21)14-11-7-4-8-12-14/h3-12H,1-2H3. The van der Waals surface area contributed by atoms with Crippen LogP contribution in [0.3, 0.4) is 0 Å². The van der Waals surface area contributed by atoms with Gasteiger partial charge in [0.25, 0.3) is 0 Å². The molecule has 0 spiro atoms. The summed E-state index contributed by atoms with van der Waals surface area (Å²) >= 11 is 0. The maximum atomic E-state index is 12.7. The smallest absolute Gasteiger partial charge is 0.177 e. The number of hydrogen-bond donors (Lipinski definition) is 0. The predicted octanol–water partition coefficient (Wildman–Crippen LogP) is 3.78. The van der Waals surface area contributed by atoms with E-state index in [9.17, 15) is 9.59 Å². The molecular formula is C19H16O2. The lowest BCUT2D eigenvalue weighted by atomic mass is 9.85. The highest BCUT2D eigenvalue weighted by Crippen LogP contribution is 2.44. The molecule has 0 heterocycles. The van der Waals surface area contributed by atoms with E-state index in [2.05, 4.69) is 0 Å². The monoisotopic (exact) mass is 276 g/mol. The number of benzene rings is 2. The van der Waals surface area contributed by atoms with Crippen LogP contribution in [0, 0.1) is 5.41 Å². The second-order valence-corrected chi connectivity index (χ2v) is 5.77. The third-order valence-corrected chi connectivity index (χ3v) is 3.96. The van der Waals surface area contributed by atoms with Crippen molar-refractivity contribution in [3.05, 3.63) is 71.8 Å². The van der Waals surface area contributed by atoms with E-state index < -0.39 is 5.41 Å². The van der Waals surface area contributed by atoms with E-state index in [1.54, 1.807) is 13.8 Å². The fourth-order valence-electron chi connectivity index (χ4n) is 2.72. The van der Waals surface area contributed by atoms with Crippen molar-refractivity contribution in [2.24, 2.45) is 5.41 Å². The zero-order valence-electron chi connectivity index (χ0n) is 12.1. The Morgan fingerprint density at radius 2 is 0.952 bits per heavy atom. The van der Waals surface area contributed by atoms with Crippen molar-refractivity contribution in [3.63, 3.8) is 0 Å². The lowest BCUT2D eigenvalue weighted by Gasteiger charge is -2.14. The summed E-state index contributed by atoms with van der Waals surface area (Å²) in [5.41, 5.74) is 1.70. The molecule has 21 heavy (non-hydrogen) atoms. The van der Waals surface area contributed by atoms with Crippen LogP contribution in [0.25, 0.3) is 11.1 Å². The van der Waals surface area contributed by atoms with Gasteiger partial charge in [-0.1, -0.05) is 60.7 Å². The summed E-state index contributed by atoms with van der Waals surface area (Å²) < 4.78 is 0. The van der Waals surface area contributed by atoms with E-state index in [-0.39, 0.29) is 11.6 Å². The van der Waals surface area contributed by atoms with Gasteiger partial charge in [-0.3, -0.25) is 9.59 Å². The summed E-state index contributed by atoms with van der Waals surface area (Å²) in [5.74, 6) is -0.199. The average molecular weight is 276 g/mol. The molecule has 2 aromatic rings. The normalized spacial score (nSPS) is 17.4. The molecule has 0 atom stereocenters. The topological polar surface area (TPSA) is 34.1 Å². The van der Waals surface area contributed by atoms with Crippen LogP contribution >= 0.6 is 0 Å². The molecule has 0 unspecified atom stereocenters. The van der Waals surface area contributed by atoms with Gasteiger partial charge in [0.2, 0.25) is 0 Å². The van der Waals surface area contributed by atoms with Crippen molar-refractivity contribution in [2.45, 2.75) is 13.8 Å². The van der Waals surface area contributed by atoms with Crippen LogP contribution < -0.4 is 0 Å². The van der Waals surface area contributed by atoms with Crippen LogP contribution in [0.4, 0.5) is 0 Å². The van der Waals surface area contributed by atoms with Gasteiger partial charge in [-0.15, -0.1) is 0 Å². The van der Waals surface area contributed by atoms with E-state index in [4.69, 9.17) is 0 Å². The molecule has 2 heteroatoms. The number of rotatable bonds is 2. The summed E-state index contributed by atoms with van der Waals surface area (Å²) in [6.45, 7) is 3.41. The summed E-state index contributed by atoms with van der Waals surface area (Å²) in [7, 11) is 0. The summed E-state index contributed by atoms with van der Waals surface area (Å²) in [6.07, 6.45) is 0. The Kier molecular flexibility index (Phi) is 3.09. The van der Waals surface area contributed by atoms with E-state index >= 15 is 0 Å². The minimum absolute atomic E-state index is 0.0995. The second-order valence-electron chi connectivity index (χ2n) is 5.77. The third kappa shape index (κ3) is 2.04. The molecule has 2 aromatic carbocycles. The van der Waals surface area contributed by atoms with E-state index in [1.807, 2.05) is 60.7 Å². The number of ketones is 2. The van der Waals surface area contributed by atoms with Gasteiger partial charge < -0.3 is 0 Å². The maximum Gasteiger partial charge on any atom is 0.177 e. The van der Waals surface area contributed by atoms with E-state index in [0.717, 1.165) is 11.1 Å². The zero-order valence-corrected chi connectivity index (χ0v) is 12.1. The molecule has 0 saturated heterocycles. The summed E-state index contributed by atoms with van der Waals surface area (Å²) in [5, 5.41) is 0. The maximum absolute atomic E-state index is 12.7. The van der Waals surface area contributed by atoms with Gasteiger partial charge in [0, 0.05) is 11.1 Å². The molecule has 0 saturated carbocycles. The number of Topliss-reactive ketones (excluding diaryl/α,β-unsaturated/α-hetero) is 2. The molecule has 0 N–H and O–H groups in total. The first-order valence-corrected chi connectivity index (χ1v) is 6.98. The van der Waals surface area contributed by atoms with E-state index in [0.29, 0.717) is 11.1 Å². The Balaban J connectivity index is 2.30. The Labute approximate surface area is 124 Å². The molecule has 0 radical (unpaired) electrons. The first kappa shape index (κ1) is 13.5. The third-order valence-electron chi connectivity index (χ3n) is 3.96. The van der Waals surface area contributed by atoms with Crippen molar-refractivity contribution in [1.29, 1.82) is 0 Å². The van der Waals surface area contributed by atoms with Crippen LogP contribution in [0.2, 0.25) is 0 Å². The number of carbonyl (C=O) groups excluding carboxylic acids is 2. The summed E-state index contributed by atoms with van der Waals surface area (Å²) in [6, 6.07) is 18.9. The Morgan fingerprint density at radius 3 is 1.29 bits per heavy atom. The van der Waals surface area contributed by atoms with Crippen molar-refractivity contribution >= 4 is 22.7 Å². The van der Waals surface area contributed by atoms with Gasteiger partial charge in [0.1, 0.15) is 0 Å². The van der Waals surface area contributed by atoms with Gasteiger partial charge in [-0.05, 0) is 25.0 Å². The van der Waals surface area contributed by atoms with Crippen LogP contribution in [-0.4, -0.2) is 11.6 Å². The minimum atomic E-state index is -0.990. The quantitative estimate of drug-likeness (QED) is 0.782. The SMILES string of the molecule is CC1(C)C(=O)C(c2ccccc2)=C(c2ccccc2)C1=O. The first-order chi connectivity index (χ1) is 10.0. The van der Waals surface area contributed by atoms with Crippen molar-refractivity contribution < 1.29 is 9.59 Å². The zero-order chi connectivity index (χ0) is 15.0. The van der Waals surface area contributed by atoms with Crippen LogP contribution in [0.1, 0.15) is 25.0 Å². The van der Waals surface area contributed by atoms with Gasteiger partial charge in [0.05, 0.1) is 5.41 Å². The fraction of sp³-hybridized carbons (Fsp3) is 0.158. The van der Waals surface area contributed by atoms with E-state index in [1.165, 1.54) is 0 Å². The van der Waals surface area contributed by atoms with Gasteiger partial charge in [-0.2, -0.15) is 0 Å². The predicted molar refractivity (Wildman–Crippen MR) is 83.5 cm³/mol. The molecule has 0 fully saturated rings. The second kappa shape index (κ2) is 4.81. The lowest BCUT2D eigenvalue weighted by molar-refractivity contribution is -0.130.